The summed E-state index contributed by atoms with van der Waals surface area (Å²) < 4.78 is 28.1. The summed E-state index contributed by atoms with van der Waals surface area (Å²) in [5.74, 6) is -0.497. The lowest BCUT2D eigenvalue weighted by atomic mass is 10.1. The van der Waals surface area contributed by atoms with Crippen molar-refractivity contribution in [2.45, 2.75) is 18.7 Å². The first-order chi connectivity index (χ1) is 14.3. The number of sulfonamides is 1. The molecule has 0 aliphatic carbocycles. The maximum Gasteiger partial charge on any atom is 0.269 e. The molecule has 0 unspecified atom stereocenters. The molecule has 1 aromatic heterocycles. The van der Waals surface area contributed by atoms with Crippen molar-refractivity contribution in [2.24, 2.45) is 0 Å². The summed E-state index contributed by atoms with van der Waals surface area (Å²) in [7, 11) is -3.86. The van der Waals surface area contributed by atoms with Crippen molar-refractivity contribution in [1.82, 2.24) is 15.8 Å². The van der Waals surface area contributed by atoms with E-state index in [4.69, 9.17) is 0 Å². The molecule has 3 rings (SSSR count). The Balaban J connectivity index is 1.73. The first kappa shape index (κ1) is 21.1. The highest BCUT2D eigenvalue weighted by atomic mass is 32.2. The number of pyridine rings is 1. The molecule has 0 bridgehead atoms. The van der Waals surface area contributed by atoms with Gasteiger partial charge in [0, 0.05) is 23.5 Å². The van der Waals surface area contributed by atoms with E-state index in [9.17, 15) is 13.2 Å². The largest absolute Gasteiger partial charge is 0.298 e. The summed E-state index contributed by atoms with van der Waals surface area (Å²) in [6.45, 7) is 7.60. The first-order valence-electron chi connectivity index (χ1n) is 9.12. The van der Waals surface area contributed by atoms with Crippen LogP contribution in [0.25, 0.3) is 5.70 Å². The Kier molecular flexibility index (Phi) is 6.17. The number of anilines is 1. The smallest absolute Gasteiger partial charge is 0.269 e. The molecular formula is C22H22N4O3S. The molecule has 0 saturated heterocycles. The Morgan fingerprint density at radius 1 is 0.967 bits per heavy atom. The molecule has 7 nitrogen and oxygen atoms in total. The number of benzene rings is 2. The van der Waals surface area contributed by atoms with Crippen molar-refractivity contribution in [1.29, 1.82) is 0 Å². The maximum absolute atomic E-state index is 12.8. The van der Waals surface area contributed by atoms with Crippen LogP contribution in [0.1, 0.15) is 27.0 Å². The van der Waals surface area contributed by atoms with Gasteiger partial charge in [-0.25, -0.2) is 8.42 Å². The van der Waals surface area contributed by atoms with E-state index >= 15 is 0 Å². The molecule has 154 valence electrons. The SMILES string of the molecule is C=C(NNC(=O)c1cccc(S(=O)(=O)Nc2ccc(C)cc2C)c1)c1cccnc1. The Hall–Kier alpha value is -3.65. The van der Waals surface area contributed by atoms with E-state index in [0.717, 1.165) is 11.1 Å². The molecule has 30 heavy (non-hydrogen) atoms. The van der Waals surface area contributed by atoms with E-state index < -0.39 is 15.9 Å². The minimum absolute atomic E-state index is 0.0128. The van der Waals surface area contributed by atoms with Crippen LogP contribution in [0.15, 0.2) is 78.5 Å². The lowest BCUT2D eigenvalue weighted by Gasteiger charge is -2.13. The zero-order chi connectivity index (χ0) is 21.7. The van der Waals surface area contributed by atoms with Crippen LogP contribution in [0.5, 0.6) is 0 Å². The van der Waals surface area contributed by atoms with Gasteiger partial charge in [0.1, 0.15) is 0 Å². The van der Waals surface area contributed by atoms with E-state index in [1.165, 1.54) is 24.3 Å². The Morgan fingerprint density at radius 2 is 1.73 bits per heavy atom. The van der Waals surface area contributed by atoms with Crippen LogP contribution in [-0.4, -0.2) is 19.3 Å². The van der Waals surface area contributed by atoms with Gasteiger partial charge in [0.05, 0.1) is 16.3 Å². The minimum atomic E-state index is -3.86. The van der Waals surface area contributed by atoms with E-state index in [1.807, 2.05) is 26.0 Å². The van der Waals surface area contributed by atoms with Crippen molar-refractivity contribution in [3.8, 4) is 0 Å². The Labute approximate surface area is 175 Å². The second-order valence-corrected chi connectivity index (χ2v) is 8.43. The summed E-state index contributed by atoms with van der Waals surface area (Å²) in [6.07, 6.45) is 3.24. The van der Waals surface area contributed by atoms with Gasteiger partial charge >= 0.3 is 0 Å². The summed E-state index contributed by atoms with van der Waals surface area (Å²) in [4.78, 5) is 16.4. The Bertz CT molecular complexity index is 1190. The number of hydrogen-bond donors (Lipinski definition) is 3. The highest BCUT2D eigenvalue weighted by Crippen LogP contribution is 2.21. The van der Waals surface area contributed by atoms with Gasteiger partial charge in [-0.3, -0.25) is 25.4 Å². The molecule has 1 heterocycles. The average Bonchev–Trinajstić information content (AvgIpc) is 2.74. The second-order valence-electron chi connectivity index (χ2n) is 6.75. The predicted molar refractivity (Wildman–Crippen MR) is 117 cm³/mol. The number of amides is 1. The zero-order valence-corrected chi connectivity index (χ0v) is 17.5. The molecule has 3 N–H and O–H groups in total. The number of nitrogens with one attached hydrogen (secondary N) is 3. The molecule has 0 saturated carbocycles. The third-order valence-corrected chi connectivity index (χ3v) is 5.73. The second kappa shape index (κ2) is 8.79. The molecule has 0 atom stereocenters. The quantitative estimate of drug-likeness (QED) is 0.507. The van der Waals surface area contributed by atoms with E-state index in [0.29, 0.717) is 16.9 Å². The molecule has 0 spiro atoms. The van der Waals surface area contributed by atoms with Crippen molar-refractivity contribution < 1.29 is 13.2 Å². The number of hydrazine groups is 1. The maximum atomic E-state index is 12.8. The van der Waals surface area contributed by atoms with Gasteiger partial charge in [0.2, 0.25) is 0 Å². The monoisotopic (exact) mass is 422 g/mol. The number of nitrogens with zero attached hydrogens (tertiary/aromatic N) is 1. The number of aromatic nitrogens is 1. The van der Waals surface area contributed by atoms with Crippen molar-refractivity contribution in [2.75, 3.05) is 4.72 Å². The molecule has 0 aliphatic rings. The number of carbonyl (C=O) groups is 1. The molecular weight excluding hydrogens is 400 g/mol. The van der Waals surface area contributed by atoms with E-state index in [2.05, 4.69) is 27.1 Å². The average molecular weight is 423 g/mol. The van der Waals surface area contributed by atoms with Gasteiger partial charge in [-0.05, 0) is 55.8 Å². The normalized spacial score (nSPS) is 10.9. The predicted octanol–water partition coefficient (Wildman–Crippen LogP) is 3.40. The molecule has 0 radical (unpaired) electrons. The van der Waals surface area contributed by atoms with Crippen LogP contribution in [0, 0.1) is 13.8 Å². The fraction of sp³-hybridized carbons (Fsp3) is 0.0909. The highest BCUT2D eigenvalue weighted by Gasteiger charge is 2.17. The van der Waals surface area contributed by atoms with Crippen LogP contribution in [0.3, 0.4) is 0 Å². The fourth-order valence-corrected chi connectivity index (χ4v) is 3.93. The molecule has 1 amide bonds. The van der Waals surface area contributed by atoms with Crippen LogP contribution >= 0.6 is 0 Å². The van der Waals surface area contributed by atoms with Crippen LogP contribution in [-0.2, 0) is 10.0 Å². The van der Waals surface area contributed by atoms with Crippen LogP contribution in [0.4, 0.5) is 5.69 Å². The topological polar surface area (TPSA) is 100 Å². The van der Waals surface area contributed by atoms with Gasteiger partial charge in [-0.15, -0.1) is 0 Å². The van der Waals surface area contributed by atoms with Crippen LogP contribution in [0.2, 0.25) is 0 Å². The van der Waals surface area contributed by atoms with Gasteiger partial charge in [-0.2, -0.15) is 0 Å². The van der Waals surface area contributed by atoms with Gasteiger partial charge < -0.3 is 0 Å². The molecule has 2 aromatic carbocycles. The molecule has 3 aromatic rings. The van der Waals surface area contributed by atoms with Gasteiger partial charge in [-0.1, -0.05) is 30.3 Å². The van der Waals surface area contributed by atoms with E-state index in [1.54, 1.807) is 30.6 Å². The summed E-state index contributed by atoms with van der Waals surface area (Å²) in [5, 5.41) is 0. The van der Waals surface area contributed by atoms with E-state index in [-0.39, 0.29) is 10.5 Å². The van der Waals surface area contributed by atoms with Crippen molar-refractivity contribution >= 4 is 27.3 Å². The molecule has 0 fully saturated rings. The summed E-state index contributed by atoms with van der Waals surface area (Å²) in [5.41, 5.74) is 8.91. The summed E-state index contributed by atoms with van der Waals surface area (Å²) >= 11 is 0. The number of aryl methyl sites for hydroxylation is 2. The van der Waals surface area contributed by atoms with Gasteiger partial charge in [0.25, 0.3) is 15.9 Å². The van der Waals surface area contributed by atoms with Crippen LogP contribution < -0.4 is 15.6 Å². The lowest BCUT2D eigenvalue weighted by Crippen LogP contribution is -2.36. The molecule has 8 heteroatoms. The number of rotatable bonds is 7. The first-order valence-corrected chi connectivity index (χ1v) is 10.6. The third-order valence-electron chi connectivity index (χ3n) is 4.37. The number of hydrogen-bond acceptors (Lipinski definition) is 5. The third kappa shape index (κ3) is 5.03. The summed E-state index contributed by atoms with van der Waals surface area (Å²) in [6, 6.07) is 14.8. The van der Waals surface area contributed by atoms with Gasteiger partial charge in [0.15, 0.2) is 0 Å². The fourth-order valence-electron chi connectivity index (χ4n) is 2.75. The van der Waals surface area contributed by atoms with Crippen molar-refractivity contribution in [3.63, 3.8) is 0 Å². The van der Waals surface area contributed by atoms with Crippen molar-refractivity contribution in [3.05, 3.63) is 95.8 Å². The standard InChI is InChI=1S/C22H22N4O3S/c1-15-9-10-21(16(2)12-15)26-30(28,29)20-8-4-6-18(13-20)22(27)25-24-17(3)19-7-5-11-23-14-19/h4-14,24,26H,3H2,1-2H3,(H,25,27). The molecule has 0 aliphatic heterocycles. The minimum Gasteiger partial charge on any atom is -0.298 e. The number of carbonyl (C=O) groups excluding carboxylic acids is 1. The zero-order valence-electron chi connectivity index (χ0n) is 16.6. The lowest BCUT2D eigenvalue weighted by molar-refractivity contribution is 0.0942. The highest BCUT2D eigenvalue weighted by molar-refractivity contribution is 7.92. The Morgan fingerprint density at radius 3 is 2.43 bits per heavy atom.